The lowest BCUT2D eigenvalue weighted by Crippen LogP contribution is -2.19. The zero-order valence-electron chi connectivity index (χ0n) is 17.6. The van der Waals surface area contributed by atoms with Gasteiger partial charge in [-0.1, -0.05) is 77.0 Å². The maximum absolute atomic E-state index is 13.8. The van der Waals surface area contributed by atoms with Crippen molar-refractivity contribution >= 4 is 0 Å². The van der Waals surface area contributed by atoms with Gasteiger partial charge >= 0.3 is 6.36 Å². The third-order valence-electron chi connectivity index (χ3n) is 7.03. The van der Waals surface area contributed by atoms with Crippen molar-refractivity contribution in [2.45, 2.75) is 96.3 Å². The minimum absolute atomic E-state index is 0.383. The smallest absolute Gasteiger partial charge is 0.399 e. The van der Waals surface area contributed by atoms with Crippen LogP contribution in [0.2, 0.25) is 0 Å². The number of hydrogen-bond donors (Lipinski definition) is 0. The number of halogens is 5. The molecule has 0 N–H and O–H groups in total. The van der Waals surface area contributed by atoms with Crippen molar-refractivity contribution in [3.8, 4) is 5.75 Å². The van der Waals surface area contributed by atoms with E-state index >= 15 is 0 Å². The second-order valence-corrected chi connectivity index (χ2v) is 9.30. The van der Waals surface area contributed by atoms with Gasteiger partial charge < -0.3 is 4.74 Å². The Hall–Kier alpha value is -1.33. The Labute approximate surface area is 176 Å². The van der Waals surface area contributed by atoms with Crippen LogP contribution >= 0.6 is 0 Å². The summed E-state index contributed by atoms with van der Waals surface area (Å²) in [6.45, 7) is 0. The molecule has 2 saturated carbocycles. The normalized spacial score (nSPS) is 23.1. The average Bonchev–Trinajstić information content (AvgIpc) is 3.20. The van der Waals surface area contributed by atoms with Gasteiger partial charge in [-0.25, -0.2) is 8.78 Å². The van der Waals surface area contributed by atoms with Gasteiger partial charge in [-0.2, -0.15) is 0 Å². The first kappa shape index (κ1) is 23.3. The van der Waals surface area contributed by atoms with Gasteiger partial charge in [0.25, 0.3) is 0 Å². The van der Waals surface area contributed by atoms with Crippen molar-refractivity contribution in [3.05, 3.63) is 29.3 Å². The van der Waals surface area contributed by atoms with Gasteiger partial charge in [-0.3, -0.25) is 0 Å². The highest BCUT2D eigenvalue weighted by atomic mass is 19.4. The van der Waals surface area contributed by atoms with Crippen LogP contribution in [0.25, 0.3) is 0 Å². The molecule has 0 aliphatic heterocycles. The first-order valence-electron chi connectivity index (χ1n) is 11.5. The zero-order chi connectivity index (χ0) is 21.6. The van der Waals surface area contributed by atoms with Crippen LogP contribution in [0, 0.1) is 29.4 Å². The standard InChI is InChI=1S/C24H33F5O/c25-21-15-20(16-22(26)23(21)30-24(27,28)29)14-13-19-11-9-18(10-12-19)8-4-3-7-17-5-1-2-6-17/h15-19H,1-14H2/t18-,19-. The summed E-state index contributed by atoms with van der Waals surface area (Å²) in [4.78, 5) is 0. The lowest BCUT2D eigenvalue weighted by molar-refractivity contribution is -0.276. The molecule has 30 heavy (non-hydrogen) atoms. The molecule has 3 rings (SSSR count). The lowest BCUT2D eigenvalue weighted by Gasteiger charge is -2.28. The van der Waals surface area contributed by atoms with E-state index in [2.05, 4.69) is 4.74 Å². The molecule has 2 aliphatic rings. The maximum atomic E-state index is 13.8. The predicted molar refractivity (Wildman–Crippen MR) is 107 cm³/mol. The van der Waals surface area contributed by atoms with Crippen molar-refractivity contribution < 1.29 is 26.7 Å². The highest BCUT2D eigenvalue weighted by molar-refractivity contribution is 5.31. The van der Waals surface area contributed by atoms with Crippen molar-refractivity contribution in [3.63, 3.8) is 0 Å². The van der Waals surface area contributed by atoms with Crippen LogP contribution in [-0.2, 0) is 6.42 Å². The van der Waals surface area contributed by atoms with Gasteiger partial charge in [0.2, 0.25) is 5.75 Å². The van der Waals surface area contributed by atoms with Crippen LogP contribution in [0.5, 0.6) is 5.75 Å². The number of rotatable bonds is 9. The fraction of sp³-hybridized carbons (Fsp3) is 0.750. The summed E-state index contributed by atoms with van der Waals surface area (Å²) in [7, 11) is 0. The third kappa shape index (κ3) is 7.42. The second kappa shape index (κ2) is 10.8. The summed E-state index contributed by atoms with van der Waals surface area (Å²) < 4.78 is 67.8. The summed E-state index contributed by atoms with van der Waals surface area (Å²) >= 11 is 0. The van der Waals surface area contributed by atoms with Crippen molar-refractivity contribution in [1.29, 1.82) is 0 Å². The molecule has 170 valence electrons. The van der Waals surface area contributed by atoms with Crippen LogP contribution in [0.1, 0.15) is 89.0 Å². The van der Waals surface area contributed by atoms with E-state index in [1.165, 1.54) is 64.2 Å². The first-order valence-corrected chi connectivity index (χ1v) is 11.5. The summed E-state index contributed by atoms with van der Waals surface area (Å²) in [5.41, 5.74) is 0.383. The van der Waals surface area contributed by atoms with Gasteiger partial charge in [-0.05, 0) is 48.3 Å². The molecule has 0 radical (unpaired) electrons. The molecule has 0 saturated heterocycles. The Bertz CT molecular complexity index is 635. The van der Waals surface area contributed by atoms with E-state index in [9.17, 15) is 22.0 Å². The second-order valence-electron chi connectivity index (χ2n) is 9.30. The Morgan fingerprint density at radius 1 is 0.733 bits per heavy atom. The molecular weight excluding hydrogens is 399 g/mol. The molecule has 1 nitrogen and oxygen atoms in total. The Kier molecular flexibility index (Phi) is 8.41. The summed E-state index contributed by atoms with van der Waals surface area (Å²) in [5, 5.41) is 0. The largest absolute Gasteiger partial charge is 0.573 e. The minimum atomic E-state index is -5.11. The highest BCUT2D eigenvalue weighted by Crippen LogP contribution is 2.36. The fourth-order valence-electron chi connectivity index (χ4n) is 5.31. The molecule has 0 amide bonds. The van der Waals surface area contributed by atoms with Gasteiger partial charge in [0, 0.05) is 0 Å². The van der Waals surface area contributed by atoms with Gasteiger partial charge in [0.1, 0.15) is 0 Å². The molecule has 6 heteroatoms. The monoisotopic (exact) mass is 432 g/mol. The van der Waals surface area contributed by atoms with E-state index < -0.39 is 23.7 Å². The fourth-order valence-corrected chi connectivity index (χ4v) is 5.31. The number of hydrogen-bond acceptors (Lipinski definition) is 1. The van der Waals surface area contributed by atoms with Gasteiger partial charge in [0.15, 0.2) is 11.6 Å². The average molecular weight is 433 g/mol. The predicted octanol–water partition coefficient (Wildman–Crippen LogP) is 8.35. The molecule has 1 aromatic carbocycles. The van der Waals surface area contributed by atoms with E-state index in [0.29, 0.717) is 17.9 Å². The van der Waals surface area contributed by atoms with Crippen molar-refractivity contribution in [2.75, 3.05) is 0 Å². The Morgan fingerprint density at radius 2 is 1.20 bits per heavy atom. The molecular formula is C24H33F5O. The summed E-state index contributed by atoms with van der Waals surface area (Å²) in [6, 6.07) is 1.92. The van der Waals surface area contributed by atoms with Crippen LogP contribution in [-0.4, -0.2) is 6.36 Å². The minimum Gasteiger partial charge on any atom is -0.399 e. The van der Waals surface area contributed by atoms with Crippen LogP contribution in [0.3, 0.4) is 0 Å². The summed E-state index contributed by atoms with van der Waals surface area (Å²) in [5.74, 6) is -1.67. The lowest BCUT2D eigenvalue weighted by atomic mass is 9.77. The molecule has 2 fully saturated rings. The van der Waals surface area contributed by atoms with E-state index in [4.69, 9.17) is 0 Å². The van der Waals surface area contributed by atoms with Gasteiger partial charge in [0.05, 0.1) is 0 Å². The molecule has 0 aromatic heterocycles. The Balaban J connectivity index is 1.35. The van der Waals surface area contributed by atoms with E-state index in [1.807, 2.05) is 0 Å². The van der Waals surface area contributed by atoms with Crippen molar-refractivity contribution in [2.24, 2.45) is 17.8 Å². The number of unbranched alkanes of at least 4 members (excludes halogenated alkanes) is 1. The molecule has 0 spiro atoms. The molecule has 0 heterocycles. The number of ether oxygens (including phenoxy) is 1. The van der Waals surface area contributed by atoms with E-state index in [0.717, 1.165) is 43.2 Å². The highest BCUT2D eigenvalue weighted by Gasteiger charge is 2.34. The molecule has 2 aliphatic carbocycles. The number of benzene rings is 1. The van der Waals surface area contributed by atoms with Crippen molar-refractivity contribution in [1.82, 2.24) is 0 Å². The van der Waals surface area contributed by atoms with Crippen LogP contribution in [0.4, 0.5) is 22.0 Å². The Morgan fingerprint density at radius 3 is 1.70 bits per heavy atom. The SMILES string of the molecule is Fc1cc(CC[C@H]2CC[C@H](CCCCC3CCCC3)CC2)cc(F)c1OC(F)(F)F. The molecule has 1 aromatic rings. The molecule has 0 atom stereocenters. The van der Waals surface area contributed by atoms with E-state index in [-0.39, 0.29) is 0 Å². The quantitative estimate of drug-likeness (QED) is 0.281. The molecule has 0 bridgehead atoms. The van der Waals surface area contributed by atoms with E-state index in [1.54, 1.807) is 0 Å². The van der Waals surface area contributed by atoms with Crippen LogP contribution < -0.4 is 4.74 Å². The maximum Gasteiger partial charge on any atom is 0.573 e. The third-order valence-corrected chi connectivity index (χ3v) is 7.03. The van der Waals surface area contributed by atoms with Crippen LogP contribution in [0.15, 0.2) is 12.1 Å². The number of aryl methyl sites for hydroxylation is 1. The topological polar surface area (TPSA) is 9.23 Å². The zero-order valence-corrected chi connectivity index (χ0v) is 17.6. The number of alkyl halides is 3. The van der Waals surface area contributed by atoms with Gasteiger partial charge in [-0.15, -0.1) is 13.2 Å². The summed E-state index contributed by atoms with van der Waals surface area (Å²) in [6.07, 6.45) is 12.0. The first-order chi connectivity index (χ1) is 14.3. The molecule has 0 unspecified atom stereocenters.